The summed E-state index contributed by atoms with van der Waals surface area (Å²) >= 11 is 8.74. The highest BCUT2D eigenvalue weighted by Crippen LogP contribution is 2.27. The summed E-state index contributed by atoms with van der Waals surface area (Å²) in [6, 6.07) is 3.88. The van der Waals surface area contributed by atoms with Gasteiger partial charge in [0, 0.05) is 4.88 Å². The second-order valence-electron chi connectivity index (χ2n) is 2.30. The van der Waals surface area contributed by atoms with Crippen molar-refractivity contribution in [2.24, 2.45) is 0 Å². The summed E-state index contributed by atoms with van der Waals surface area (Å²) in [6.45, 7) is 0. The van der Waals surface area contributed by atoms with E-state index in [1.54, 1.807) is 11.3 Å². The third-order valence-electron chi connectivity index (χ3n) is 1.32. The Hall–Kier alpha value is -0.410. The lowest BCUT2D eigenvalue weighted by atomic mass is 10.3. The van der Waals surface area contributed by atoms with Gasteiger partial charge in [0.2, 0.25) is 0 Å². The highest BCUT2D eigenvalue weighted by molar-refractivity contribution is 14.1. The molecule has 1 atom stereocenters. The number of alkyl halides is 1. The number of carboxylic acid groups (broad SMARTS) is 1. The molecular formula is C7H7IN2O2S2. The molecule has 0 radical (unpaired) electrons. The molecule has 0 spiro atoms. The molecule has 1 amide bonds. The van der Waals surface area contributed by atoms with E-state index in [0.29, 0.717) is 4.99 Å². The molecule has 0 aromatic carbocycles. The SMILES string of the molecule is O=C(O)NNC(=S)C(I)c1cccs1. The molecule has 1 aromatic rings. The summed E-state index contributed by atoms with van der Waals surface area (Å²) in [7, 11) is 0. The van der Waals surface area contributed by atoms with Gasteiger partial charge in [0.05, 0.1) is 3.92 Å². The van der Waals surface area contributed by atoms with Crippen LogP contribution in [0, 0.1) is 0 Å². The molecule has 1 rings (SSSR count). The van der Waals surface area contributed by atoms with Crippen LogP contribution in [0.5, 0.6) is 0 Å². The molecule has 3 N–H and O–H groups in total. The van der Waals surface area contributed by atoms with Gasteiger partial charge in [0.25, 0.3) is 0 Å². The first-order chi connectivity index (χ1) is 6.61. The molecule has 0 aliphatic rings. The third kappa shape index (κ3) is 3.39. The zero-order valence-corrected chi connectivity index (χ0v) is 10.6. The fourth-order valence-corrected chi connectivity index (χ4v) is 2.51. The summed E-state index contributed by atoms with van der Waals surface area (Å²) in [5.74, 6) is 0. The molecule has 7 heteroatoms. The zero-order valence-electron chi connectivity index (χ0n) is 6.86. The van der Waals surface area contributed by atoms with Gasteiger partial charge >= 0.3 is 6.09 Å². The highest BCUT2D eigenvalue weighted by Gasteiger charge is 2.14. The first kappa shape index (κ1) is 11.7. The number of amides is 1. The first-order valence-corrected chi connectivity index (χ1v) is 6.11. The van der Waals surface area contributed by atoms with Gasteiger partial charge < -0.3 is 5.11 Å². The molecule has 4 nitrogen and oxygen atoms in total. The van der Waals surface area contributed by atoms with E-state index in [9.17, 15) is 4.79 Å². The monoisotopic (exact) mass is 342 g/mol. The van der Waals surface area contributed by atoms with Gasteiger partial charge in [-0.3, -0.25) is 5.43 Å². The van der Waals surface area contributed by atoms with Crippen molar-refractivity contribution in [3.63, 3.8) is 0 Å². The van der Waals surface area contributed by atoms with Crippen molar-refractivity contribution in [3.8, 4) is 0 Å². The topological polar surface area (TPSA) is 61.4 Å². The summed E-state index contributed by atoms with van der Waals surface area (Å²) in [4.78, 5) is 11.7. The van der Waals surface area contributed by atoms with E-state index in [1.165, 1.54) is 0 Å². The maximum atomic E-state index is 10.2. The molecule has 0 saturated carbocycles. The largest absolute Gasteiger partial charge is 0.464 e. The lowest BCUT2D eigenvalue weighted by Crippen LogP contribution is -2.41. The number of hydrogen-bond donors (Lipinski definition) is 3. The van der Waals surface area contributed by atoms with Crippen LogP contribution in [-0.4, -0.2) is 16.2 Å². The quantitative estimate of drug-likeness (QED) is 0.334. The number of hydrazine groups is 1. The molecular weight excluding hydrogens is 335 g/mol. The van der Waals surface area contributed by atoms with E-state index < -0.39 is 6.09 Å². The Morgan fingerprint density at radius 1 is 1.64 bits per heavy atom. The lowest BCUT2D eigenvalue weighted by Gasteiger charge is -2.11. The average Bonchev–Trinajstić information content (AvgIpc) is 2.65. The van der Waals surface area contributed by atoms with Crippen LogP contribution < -0.4 is 10.9 Å². The summed E-state index contributed by atoms with van der Waals surface area (Å²) < 4.78 is -0.00514. The Kier molecular flexibility index (Phi) is 4.55. The molecule has 0 bridgehead atoms. The summed E-state index contributed by atoms with van der Waals surface area (Å²) in [5.41, 5.74) is 4.46. The van der Waals surface area contributed by atoms with Crippen LogP contribution in [0.1, 0.15) is 8.80 Å². The Balaban J connectivity index is 2.49. The number of thiophene rings is 1. The minimum Gasteiger partial charge on any atom is -0.464 e. The Labute approximate surface area is 104 Å². The highest BCUT2D eigenvalue weighted by atomic mass is 127. The maximum Gasteiger partial charge on any atom is 0.423 e. The number of rotatable bonds is 2. The lowest BCUT2D eigenvalue weighted by molar-refractivity contribution is 0.192. The standard InChI is InChI=1S/C7H7IN2O2S2/c8-5(4-2-1-3-14-4)6(13)9-10-7(11)12/h1-3,5,10H,(H,9,13)(H,11,12). The Morgan fingerprint density at radius 2 is 2.36 bits per heavy atom. The van der Waals surface area contributed by atoms with Gasteiger partial charge in [-0.2, -0.15) is 0 Å². The van der Waals surface area contributed by atoms with Crippen LogP contribution in [0.25, 0.3) is 0 Å². The molecule has 1 unspecified atom stereocenters. The fraction of sp³-hybridized carbons (Fsp3) is 0.143. The van der Waals surface area contributed by atoms with Crippen LogP contribution in [0.4, 0.5) is 4.79 Å². The fourth-order valence-electron chi connectivity index (χ4n) is 0.743. The molecule has 14 heavy (non-hydrogen) atoms. The van der Waals surface area contributed by atoms with Crippen molar-refractivity contribution in [1.82, 2.24) is 10.9 Å². The van der Waals surface area contributed by atoms with Gasteiger partial charge in [0.15, 0.2) is 0 Å². The summed E-state index contributed by atoms with van der Waals surface area (Å²) in [5, 5.41) is 10.3. The van der Waals surface area contributed by atoms with Gasteiger partial charge in [-0.1, -0.05) is 40.9 Å². The minimum absolute atomic E-state index is 0.00514. The van der Waals surface area contributed by atoms with Gasteiger partial charge in [-0.25, -0.2) is 10.2 Å². The molecule has 0 fully saturated rings. The van der Waals surface area contributed by atoms with Crippen LogP contribution in [0.2, 0.25) is 0 Å². The van der Waals surface area contributed by atoms with Crippen molar-refractivity contribution in [1.29, 1.82) is 0 Å². The average molecular weight is 342 g/mol. The molecule has 0 aliphatic heterocycles. The molecule has 76 valence electrons. The molecule has 0 saturated heterocycles. The van der Waals surface area contributed by atoms with Crippen LogP contribution in [0.3, 0.4) is 0 Å². The smallest absolute Gasteiger partial charge is 0.423 e. The maximum absolute atomic E-state index is 10.2. The van der Waals surface area contributed by atoms with Crippen LogP contribution in [0.15, 0.2) is 17.5 Å². The van der Waals surface area contributed by atoms with E-state index in [4.69, 9.17) is 17.3 Å². The second-order valence-corrected chi connectivity index (χ2v) is 4.96. The van der Waals surface area contributed by atoms with Crippen molar-refractivity contribution in [2.45, 2.75) is 3.92 Å². The molecule has 1 aromatic heterocycles. The predicted octanol–water partition coefficient (Wildman–Crippen LogP) is 2.32. The molecule has 1 heterocycles. The van der Waals surface area contributed by atoms with Crippen molar-refractivity contribution in [2.75, 3.05) is 0 Å². The van der Waals surface area contributed by atoms with E-state index in [0.717, 1.165) is 4.88 Å². The Morgan fingerprint density at radius 3 is 2.86 bits per heavy atom. The number of nitrogens with one attached hydrogen (secondary N) is 2. The normalized spacial score (nSPS) is 11.8. The van der Waals surface area contributed by atoms with Gasteiger partial charge in [-0.15, -0.1) is 11.3 Å². The van der Waals surface area contributed by atoms with E-state index >= 15 is 0 Å². The predicted molar refractivity (Wildman–Crippen MR) is 68.0 cm³/mol. The third-order valence-corrected chi connectivity index (χ3v) is 4.73. The van der Waals surface area contributed by atoms with Crippen LogP contribution in [-0.2, 0) is 0 Å². The Bertz CT molecular complexity index is 328. The van der Waals surface area contributed by atoms with Gasteiger partial charge in [0.1, 0.15) is 4.99 Å². The minimum atomic E-state index is -1.15. The zero-order chi connectivity index (χ0) is 10.6. The number of halogens is 1. The van der Waals surface area contributed by atoms with E-state index in [2.05, 4.69) is 28.0 Å². The van der Waals surface area contributed by atoms with Crippen LogP contribution >= 0.6 is 46.1 Å². The van der Waals surface area contributed by atoms with Crippen molar-refractivity contribution < 1.29 is 9.90 Å². The second kappa shape index (κ2) is 5.47. The van der Waals surface area contributed by atoms with E-state index in [1.807, 2.05) is 22.9 Å². The molecule has 0 aliphatic carbocycles. The number of carbonyl (C=O) groups is 1. The summed E-state index contributed by atoms with van der Waals surface area (Å²) in [6.07, 6.45) is -1.15. The first-order valence-electron chi connectivity index (χ1n) is 3.57. The van der Waals surface area contributed by atoms with Crippen molar-refractivity contribution in [3.05, 3.63) is 22.4 Å². The van der Waals surface area contributed by atoms with E-state index in [-0.39, 0.29) is 3.92 Å². The number of thiocarbonyl (C=S) groups is 1. The van der Waals surface area contributed by atoms with Gasteiger partial charge in [-0.05, 0) is 11.4 Å². The van der Waals surface area contributed by atoms with Crippen molar-refractivity contribution >= 4 is 57.2 Å². The number of hydrogen-bond acceptors (Lipinski definition) is 3.